The van der Waals surface area contributed by atoms with Gasteiger partial charge in [-0.3, -0.25) is 9.69 Å². The molecule has 1 aromatic heterocycles. The fraction of sp³-hybridized carbons (Fsp3) is 0.440. The average Bonchev–Trinajstić information content (AvgIpc) is 3.17. The number of para-hydroxylation sites is 1. The fourth-order valence-electron chi connectivity index (χ4n) is 5.21. The van der Waals surface area contributed by atoms with Crippen LogP contribution in [-0.2, 0) is 16.6 Å². The highest BCUT2D eigenvalue weighted by molar-refractivity contribution is 5.96. The Morgan fingerprint density at radius 3 is 2.68 bits per heavy atom. The van der Waals surface area contributed by atoms with E-state index >= 15 is 0 Å². The van der Waals surface area contributed by atoms with Crippen LogP contribution in [0.4, 0.5) is 11.5 Å². The van der Waals surface area contributed by atoms with Crippen molar-refractivity contribution >= 4 is 28.4 Å². The third-order valence-corrected chi connectivity index (χ3v) is 6.77. The van der Waals surface area contributed by atoms with Gasteiger partial charge in [0.2, 0.25) is 5.91 Å². The highest BCUT2D eigenvalue weighted by atomic mass is 16.5. The summed E-state index contributed by atoms with van der Waals surface area (Å²) >= 11 is 0. The number of nitrogens with zero attached hydrogens (tertiary/aromatic N) is 3. The molecule has 6 nitrogen and oxygen atoms in total. The molecule has 0 bridgehead atoms. The number of hydrogen-bond donors (Lipinski definition) is 1. The highest BCUT2D eigenvalue weighted by Crippen LogP contribution is 2.41. The molecule has 162 valence electrons. The van der Waals surface area contributed by atoms with Crippen LogP contribution in [0.5, 0.6) is 0 Å². The van der Waals surface area contributed by atoms with Crippen molar-refractivity contribution in [3.63, 3.8) is 0 Å². The summed E-state index contributed by atoms with van der Waals surface area (Å²) in [6, 6.07) is 12.4. The van der Waals surface area contributed by atoms with E-state index in [9.17, 15) is 4.79 Å². The van der Waals surface area contributed by atoms with E-state index in [1.54, 1.807) is 0 Å². The van der Waals surface area contributed by atoms with Crippen molar-refractivity contribution in [1.29, 1.82) is 0 Å². The molecule has 1 saturated heterocycles. The molecule has 31 heavy (non-hydrogen) atoms. The van der Waals surface area contributed by atoms with Gasteiger partial charge < -0.3 is 14.7 Å². The second-order valence-corrected chi connectivity index (χ2v) is 9.48. The van der Waals surface area contributed by atoms with Gasteiger partial charge in [0.05, 0.1) is 5.39 Å². The Bertz CT molecular complexity index is 1130. The van der Waals surface area contributed by atoms with Crippen LogP contribution in [0.2, 0.25) is 0 Å². The van der Waals surface area contributed by atoms with E-state index < -0.39 is 0 Å². The zero-order valence-corrected chi connectivity index (χ0v) is 18.6. The maximum Gasteiger partial charge on any atom is 0.225 e. The van der Waals surface area contributed by atoms with Crippen molar-refractivity contribution in [1.82, 2.24) is 10.1 Å². The van der Waals surface area contributed by atoms with Crippen LogP contribution in [-0.4, -0.2) is 48.7 Å². The van der Waals surface area contributed by atoms with E-state index in [4.69, 9.17) is 4.52 Å². The summed E-state index contributed by atoms with van der Waals surface area (Å²) in [5, 5.41) is 8.56. The first-order valence-corrected chi connectivity index (χ1v) is 11.2. The molecule has 0 saturated carbocycles. The van der Waals surface area contributed by atoms with E-state index in [1.165, 1.54) is 16.7 Å². The number of carbonyl (C=O) groups is 1. The topological polar surface area (TPSA) is 61.6 Å². The lowest BCUT2D eigenvalue weighted by Crippen LogP contribution is -2.47. The van der Waals surface area contributed by atoms with Crippen LogP contribution in [0.15, 0.2) is 40.9 Å². The predicted octanol–water partition coefficient (Wildman–Crippen LogP) is 4.12. The van der Waals surface area contributed by atoms with E-state index in [1.807, 2.05) is 18.2 Å². The Balaban J connectivity index is 1.26. The highest BCUT2D eigenvalue weighted by Gasteiger charge is 2.34. The van der Waals surface area contributed by atoms with Crippen molar-refractivity contribution in [3.05, 3.63) is 53.1 Å². The van der Waals surface area contributed by atoms with Crippen molar-refractivity contribution < 1.29 is 9.32 Å². The summed E-state index contributed by atoms with van der Waals surface area (Å²) in [6.45, 7) is 11.3. The molecular weight excluding hydrogens is 388 g/mol. The summed E-state index contributed by atoms with van der Waals surface area (Å²) in [5.41, 5.74) is 5.57. The predicted molar refractivity (Wildman–Crippen MR) is 124 cm³/mol. The molecule has 6 heteroatoms. The number of hydrogen-bond acceptors (Lipinski definition) is 5. The molecule has 2 aliphatic rings. The smallest absolute Gasteiger partial charge is 0.225 e. The van der Waals surface area contributed by atoms with Gasteiger partial charge in [0, 0.05) is 50.2 Å². The molecule has 0 unspecified atom stereocenters. The number of carbonyl (C=O) groups excluding carboxylic acids is 1. The van der Waals surface area contributed by atoms with E-state index in [-0.39, 0.29) is 11.3 Å². The first-order valence-electron chi connectivity index (χ1n) is 11.2. The molecule has 0 atom stereocenters. The monoisotopic (exact) mass is 418 g/mol. The number of aromatic nitrogens is 1. The fourth-order valence-corrected chi connectivity index (χ4v) is 5.21. The number of piperazine rings is 1. The van der Waals surface area contributed by atoms with Crippen LogP contribution in [0.3, 0.4) is 0 Å². The number of aryl methyl sites for hydroxylation is 1. The second-order valence-electron chi connectivity index (χ2n) is 9.48. The van der Waals surface area contributed by atoms with Gasteiger partial charge in [0.15, 0.2) is 11.4 Å². The number of benzene rings is 2. The van der Waals surface area contributed by atoms with Crippen LogP contribution in [0.1, 0.15) is 37.0 Å². The van der Waals surface area contributed by atoms with Crippen LogP contribution in [0.25, 0.3) is 11.0 Å². The molecule has 0 spiro atoms. The van der Waals surface area contributed by atoms with Gasteiger partial charge in [-0.15, -0.1) is 0 Å². The lowest BCUT2D eigenvalue weighted by Gasteiger charge is -2.36. The van der Waals surface area contributed by atoms with Gasteiger partial charge >= 0.3 is 0 Å². The first-order chi connectivity index (χ1) is 14.9. The minimum Gasteiger partial charge on any atom is -0.354 e. The Kier molecular flexibility index (Phi) is 4.97. The number of nitrogens with one attached hydrogen (secondary N) is 1. The zero-order chi connectivity index (χ0) is 21.6. The lowest BCUT2D eigenvalue weighted by molar-refractivity contribution is -0.117. The molecule has 3 aromatic rings. The average molecular weight is 419 g/mol. The van der Waals surface area contributed by atoms with Crippen LogP contribution >= 0.6 is 0 Å². The van der Waals surface area contributed by atoms with Crippen molar-refractivity contribution in [2.24, 2.45) is 0 Å². The minimum absolute atomic E-state index is 0.121. The molecular formula is C25H30N4O2. The largest absolute Gasteiger partial charge is 0.354 e. The van der Waals surface area contributed by atoms with E-state index in [0.717, 1.165) is 61.6 Å². The normalized spacial score (nSPS) is 18.8. The maximum atomic E-state index is 12.3. The standard InChI is InChI=1S/C25H30N4O2/c1-17-8-9-18(23-22(17)25(2,3)16-21(30)26-23)10-11-28-12-14-29(15-13-28)24-19-6-4-5-7-20(19)31-27-24/h4-9H,10-16H2,1-3H3,(H,26,30). The summed E-state index contributed by atoms with van der Waals surface area (Å²) in [5.74, 6) is 1.07. The summed E-state index contributed by atoms with van der Waals surface area (Å²) in [7, 11) is 0. The Morgan fingerprint density at radius 1 is 1.10 bits per heavy atom. The van der Waals surface area contributed by atoms with E-state index in [2.05, 4.69) is 59.2 Å². The van der Waals surface area contributed by atoms with Gasteiger partial charge in [0.1, 0.15) is 0 Å². The second kappa shape index (κ2) is 7.68. The Morgan fingerprint density at radius 2 is 1.87 bits per heavy atom. The van der Waals surface area contributed by atoms with Gasteiger partial charge in [-0.2, -0.15) is 0 Å². The molecule has 1 amide bonds. The summed E-state index contributed by atoms with van der Waals surface area (Å²) in [6.07, 6.45) is 1.48. The van der Waals surface area contributed by atoms with Gasteiger partial charge in [0.25, 0.3) is 0 Å². The Hall–Kier alpha value is -2.86. The summed E-state index contributed by atoms with van der Waals surface area (Å²) in [4.78, 5) is 17.1. The number of amides is 1. The van der Waals surface area contributed by atoms with Crippen molar-refractivity contribution in [2.75, 3.05) is 42.9 Å². The number of rotatable bonds is 4. The molecule has 0 aliphatic carbocycles. The summed E-state index contributed by atoms with van der Waals surface area (Å²) < 4.78 is 5.48. The molecule has 5 rings (SSSR count). The molecule has 0 radical (unpaired) electrons. The molecule has 1 N–H and O–H groups in total. The van der Waals surface area contributed by atoms with Gasteiger partial charge in [-0.1, -0.05) is 43.3 Å². The maximum absolute atomic E-state index is 12.3. The van der Waals surface area contributed by atoms with Crippen molar-refractivity contribution in [2.45, 2.75) is 39.0 Å². The number of anilines is 2. The third kappa shape index (κ3) is 3.69. The molecule has 1 fully saturated rings. The Labute approximate surface area is 183 Å². The molecule has 2 aliphatic heterocycles. The SMILES string of the molecule is Cc1ccc(CCN2CCN(c3noc4ccccc34)CC2)c2c1C(C)(C)CC(=O)N2. The van der Waals surface area contributed by atoms with Crippen LogP contribution < -0.4 is 10.2 Å². The lowest BCUT2D eigenvalue weighted by atomic mass is 9.74. The molecule has 2 aromatic carbocycles. The number of fused-ring (bicyclic) bond motifs is 2. The first kappa shape index (κ1) is 20.1. The minimum atomic E-state index is -0.121. The van der Waals surface area contributed by atoms with Gasteiger partial charge in [-0.05, 0) is 42.2 Å². The van der Waals surface area contributed by atoms with Gasteiger partial charge in [-0.25, -0.2) is 0 Å². The molecule has 3 heterocycles. The third-order valence-electron chi connectivity index (χ3n) is 6.77. The van der Waals surface area contributed by atoms with E-state index in [0.29, 0.717) is 6.42 Å². The quantitative estimate of drug-likeness (QED) is 0.691. The van der Waals surface area contributed by atoms with Crippen molar-refractivity contribution in [3.8, 4) is 0 Å². The van der Waals surface area contributed by atoms with Crippen LogP contribution in [0, 0.1) is 6.92 Å². The zero-order valence-electron chi connectivity index (χ0n) is 18.6.